The maximum Gasteiger partial charge on any atom is 0.336 e. The molecule has 0 atom stereocenters. The molecule has 2 aromatic rings. The number of aromatic carboxylic acids is 2. The molecular formula is C21H13ClN2O5. The molecule has 0 fully saturated rings. The predicted molar refractivity (Wildman–Crippen MR) is 107 cm³/mol. The monoisotopic (exact) mass is 408 g/mol. The van der Waals surface area contributed by atoms with E-state index in [2.05, 4.69) is 0 Å². The Labute approximate surface area is 168 Å². The second kappa shape index (κ2) is 6.65. The van der Waals surface area contributed by atoms with Gasteiger partial charge < -0.3 is 25.8 Å². The first kappa shape index (κ1) is 18.5. The molecule has 29 heavy (non-hydrogen) atoms. The molecule has 4 rings (SSSR count). The lowest BCUT2D eigenvalue weighted by Crippen LogP contribution is -2.06. The van der Waals surface area contributed by atoms with Crippen LogP contribution >= 0.6 is 11.6 Å². The van der Waals surface area contributed by atoms with Gasteiger partial charge in [-0.25, -0.2) is 9.59 Å². The lowest BCUT2D eigenvalue weighted by molar-refractivity contribution is 0.0696. The first-order valence-electron chi connectivity index (χ1n) is 8.37. The van der Waals surface area contributed by atoms with Crippen molar-refractivity contribution >= 4 is 40.2 Å². The summed E-state index contributed by atoms with van der Waals surface area (Å²) in [4.78, 5) is 23.2. The number of hydrogen-bond acceptors (Lipinski definition) is 5. The number of carbonyl (C=O) groups is 2. The minimum atomic E-state index is -1.27. The van der Waals surface area contributed by atoms with Gasteiger partial charge in [0.25, 0.3) is 0 Å². The Morgan fingerprint density at radius 2 is 1.69 bits per heavy atom. The molecule has 2 aliphatic rings. The van der Waals surface area contributed by atoms with Gasteiger partial charge in [0.1, 0.15) is 11.3 Å². The molecule has 0 aromatic heterocycles. The lowest BCUT2D eigenvalue weighted by atomic mass is 9.90. The zero-order valence-electron chi connectivity index (χ0n) is 14.7. The van der Waals surface area contributed by atoms with E-state index in [1.165, 1.54) is 24.3 Å². The summed E-state index contributed by atoms with van der Waals surface area (Å²) in [7, 11) is 0. The van der Waals surface area contributed by atoms with Crippen molar-refractivity contribution in [2.24, 2.45) is 0 Å². The number of nitrogens with two attached hydrogens (primary N) is 1. The van der Waals surface area contributed by atoms with Gasteiger partial charge in [-0.3, -0.25) is 0 Å². The number of rotatable bonds is 3. The highest BCUT2D eigenvalue weighted by atomic mass is 35.5. The number of nitrogens with one attached hydrogen (secondary N) is 1. The van der Waals surface area contributed by atoms with E-state index in [0.29, 0.717) is 33.4 Å². The Morgan fingerprint density at radius 3 is 2.38 bits per heavy atom. The molecule has 7 nitrogen and oxygen atoms in total. The standard InChI is InChI=1S/C21H13ClN2O5/c22-15-7-14-18(8-16(15)24)29-17-6-10(23)2-4-12(17)19(14)11-3-1-9(20(25)26)5-13(11)21(27)28/h1-8,23H,24H2,(H,25,26)(H,27,28). The molecule has 8 heteroatoms. The topological polar surface area (TPSA) is 138 Å². The zero-order valence-corrected chi connectivity index (χ0v) is 15.4. The van der Waals surface area contributed by atoms with E-state index < -0.39 is 11.9 Å². The van der Waals surface area contributed by atoms with Crippen molar-refractivity contribution in [2.45, 2.75) is 0 Å². The Morgan fingerprint density at radius 1 is 0.966 bits per heavy atom. The molecule has 5 N–H and O–H groups in total. The third-order valence-corrected chi connectivity index (χ3v) is 4.93. The molecule has 1 heterocycles. The highest BCUT2D eigenvalue weighted by Crippen LogP contribution is 2.43. The molecule has 1 aliphatic heterocycles. The molecule has 2 aromatic carbocycles. The van der Waals surface area contributed by atoms with Gasteiger partial charge in [-0.2, -0.15) is 0 Å². The third-order valence-electron chi connectivity index (χ3n) is 4.61. The van der Waals surface area contributed by atoms with Crippen molar-refractivity contribution in [1.29, 1.82) is 5.41 Å². The van der Waals surface area contributed by atoms with Gasteiger partial charge in [0, 0.05) is 28.6 Å². The number of hydrogen-bond donors (Lipinski definition) is 4. The zero-order chi connectivity index (χ0) is 20.9. The van der Waals surface area contributed by atoms with Gasteiger partial charge in [0.15, 0.2) is 0 Å². The van der Waals surface area contributed by atoms with Gasteiger partial charge in [0.05, 0.1) is 27.2 Å². The molecule has 0 unspecified atom stereocenters. The van der Waals surface area contributed by atoms with Crippen LogP contribution in [0.3, 0.4) is 0 Å². The van der Waals surface area contributed by atoms with Crippen LogP contribution in [0.2, 0.25) is 5.02 Å². The second-order valence-electron chi connectivity index (χ2n) is 6.43. The first-order valence-corrected chi connectivity index (χ1v) is 8.75. The fourth-order valence-corrected chi connectivity index (χ4v) is 3.45. The van der Waals surface area contributed by atoms with Crippen LogP contribution in [0.15, 0.2) is 52.9 Å². The Bertz CT molecular complexity index is 1360. The van der Waals surface area contributed by atoms with E-state index in [0.717, 1.165) is 6.07 Å². The summed E-state index contributed by atoms with van der Waals surface area (Å²) >= 11 is 6.20. The summed E-state index contributed by atoms with van der Waals surface area (Å²) in [5.74, 6) is -2.14. The smallest absolute Gasteiger partial charge is 0.336 e. The Balaban J connectivity index is 2.20. The maximum atomic E-state index is 11.9. The lowest BCUT2D eigenvalue weighted by Gasteiger charge is -2.17. The summed E-state index contributed by atoms with van der Waals surface area (Å²) < 4.78 is 5.89. The van der Waals surface area contributed by atoms with E-state index in [-0.39, 0.29) is 27.2 Å². The van der Waals surface area contributed by atoms with Crippen LogP contribution in [0.4, 0.5) is 5.69 Å². The molecule has 0 saturated heterocycles. The number of halogens is 1. The maximum absolute atomic E-state index is 11.9. The molecule has 0 bridgehead atoms. The van der Waals surface area contributed by atoms with Crippen molar-refractivity contribution in [3.8, 4) is 22.5 Å². The third kappa shape index (κ3) is 3.07. The van der Waals surface area contributed by atoms with Crippen LogP contribution in [-0.2, 0) is 0 Å². The fourth-order valence-electron chi connectivity index (χ4n) is 3.29. The van der Waals surface area contributed by atoms with Crippen molar-refractivity contribution in [3.63, 3.8) is 0 Å². The Hall–Kier alpha value is -3.84. The van der Waals surface area contributed by atoms with Crippen molar-refractivity contribution in [1.82, 2.24) is 0 Å². The molecule has 0 radical (unpaired) electrons. The van der Waals surface area contributed by atoms with Gasteiger partial charge in [-0.1, -0.05) is 17.7 Å². The number of anilines is 1. The van der Waals surface area contributed by atoms with Gasteiger partial charge in [-0.15, -0.1) is 0 Å². The fraction of sp³-hybridized carbons (Fsp3) is 0. The van der Waals surface area contributed by atoms with Crippen LogP contribution in [0.1, 0.15) is 20.7 Å². The predicted octanol–water partition coefficient (Wildman–Crippen LogP) is 4.32. The van der Waals surface area contributed by atoms with Crippen LogP contribution < -0.4 is 11.1 Å². The largest absolute Gasteiger partial charge is 0.478 e. The van der Waals surface area contributed by atoms with E-state index in [4.69, 9.17) is 27.2 Å². The summed E-state index contributed by atoms with van der Waals surface area (Å²) in [6.45, 7) is 0. The highest BCUT2D eigenvalue weighted by Gasteiger charge is 2.23. The van der Waals surface area contributed by atoms with Crippen molar-refractivity contribution in [2.75, 3.05) is 5.73 Å². The van der Waals surface area contributed by atoms with Crippen LogP contribution in [0.25, 0.3) is 33.4 Å². The van der Waals surface area contributed by atoms with E-state index >= 15 is 0 Å². The minimum absolute atomic E-state index is 0.142. The number of nitrogen functional groups attached to an aromatic ring is 1. The molecular weight excluding hydrogens is 396 g/mol. The number of carboxylic acids is 2. The number of benzene rings is 3. The van der Waals surface area contributed by atoms with Crippen LogP contribution in [0, 0.1) is 5.41 Å². The number of fused-ring (bicyclic) bond motifs is 2. The van der Waals surface area contributed by atoms with Crippen molar-refractivity contribution in [3.05, 3.63) is 70.0 Å². The highest BCUT2D eigenvalue weighted by molar-refractivity contribution is 6.34. The van der Waals surface area contributed by atoms with E-state index in [1.807, 2.05) is 0 Å². The van der Waals surface area contributed by atoms with E-state index in [9.17, 15) is 19.8 Å². The molecule has 0 saturated carbocycles. The summed E-state index contributed by atoms with van der Waals surface area (Å²) in [5, 5.41) is 27.8. The SMILES string of the molecule is N=c1ccc2c(-c3ccc(C(=O)O)cc3C(=O)O)c3cc(Cl)c(N)cc3oc-2c1. The average molecular weight is 409 g/mol. The van der Waals surface area contributed by atoms with Crippen LogP contribution in [0.5, 0.6) is 0 Å². The summed E-state index contributed by atoms with van der Waals surface area (Å²) in [5.41, 5.74) is 7.57. The van der Waals surface area contributed by atoms with Gasteiger partial charge in [0.2, 0.25) is 0 Å². The summed E-state index contributed by atoms with van der Waals surface area (Å²) in [6.07, 6.45) is 0. The first-order chi connectivity index (χ1) is 13.8. The number of carboxylic acid groups (broad SMARTS) is 2. The summed E-state index contributed by atoms with van der Waals surface area (Å²) in [6, 6.07) is 11.7. The molecule has 1 aliphatic carbocycles. The molecule has 0 amide bonds. The minimum Gasteiger partial charge on any atom is -0.478 e. The quantitative estimate of drug-likeness (QED) is 0.294. The van der Waals surface area contributed by atoms with Crippen LogP contribution in [-0.4, -0.2) is 22.2 Å². The van der Waals surface area contributed by atoms with Crippen molar-refractivity contribution < 1.29 is 24.2 Å². The van der Waals surface area contributed by atoms with Gasteiger partial charge in [-0.05, 0) is 35.9 Å². The van der Waals surface area contributed by atoms with Gasteiger partial charge >= 0.3 is 11.9 Å². The Kier molecular flexibility index (Phi) is 4.24. The average Bonchev–Trinajstić information content (AvgIpc) is 2.67. The van der Waals surface area contributed by atoms with E-state index in [1.54, 1.807) is 18.2 Å². The normalized spacial score (nSPS) is 11.1. The second-order valence-corrected chi connectivity index (χ2v) is 6.84. The molecule has 144 valence electrons. The molecule has 0 spiro atoms.